The van der Waals surface area contributed by atoms with Crippen molar-refractivity contribution in [3.63, 3.8) is 0 Å². The summed E-state index contributed by atoms with van der Waals surface area (Å²) in [7, 11) is 0. The second-order valence-electron chi connectivity index (χ2n) is 5.10. The van der Waals surface area contributed by atoms with Crippen molar-refractivity contribution >= 4 is 22.5 Å². The fourth-order valence-corrected chi connectivity index (χ4v) is 2.75. The Hall–Kier alpha value is -2.31. The van der Waals surface area contributed by atoms with Gasteiger partial charge >= 0.3 is 0 Å². The highest BCUT2D eigenvalue weighted by Crippen LogP contribution is 2.21. The molecule has 0 bridgehead atoms. The molecule has 0 aliphatic rings. The summed E-state index contributed by atoms with van der Waals surface area (Å²) in [4.78, 5) is 21.4. The Morgan fingerprint density at radius 1 is 1.39 bits per heavy atom. The third-order valence-electron chi connectivity index (χ3n) is 3.55. The van der Waals surface area contributed by atoms with Gasteiger partial charge < -0.3 is 5.73 Å². The summed E-state index contributed by atoms with van der Waals surface area (Å²) < 4.78 is 15.0. The lowest BCUT2D eigenvalue weighted by molar-refractivity contribution is 0.617. The summed E-state index contributed by atoms with van der Waals surface area (Å²) in [6.45, 7) is 2.00. The molecular weight excluding hydrogens is 319 g/mol. The Morgan fingerprint density at radius 2 is 2.17 bits per heavy atom. The molecule has 118 valence electrons. The van der Waals surface area contributed by atoms with Gasteiger partial charge in [-0.15, -0.1) is 0 Å². The molecule has 2 aromatic heterocycles. The predicted octanol–water partition coefficient (Wildman–Crippen LogP) is 2.38. The van der Waals surface area contributed by atoms with Crippen molar-refractivity contribution in [3.05, 3.63) is 63.2 Å². The van der Waals surface area contributed by atoms with E-state index in [0.717, 1.165) is 6.20 Å². The van der Waals surface area contributed by atoms with Crippen molar-refractivity contribution in [2.24, 2.45) is 5.73 Å². The number of benzene rings is 1. The highest BCUT2D eigenvalue weighted by atomic mass is 35.5. The highest BCUT2D eigenvalue weighted by Gasteiger charge is 2.16. The minimum atomic E-state index is -0.532. The molecule has 0 atom stereocenters. The van der Waals surface area contributed by atoms with Crippen LogP contribution in [0.4, 0.5) is 4.39 Å². The van der Waals surface area contributed by atoms with Gasteiger partial charge in [-0.2, -0.15) is 0 Å². The van der Waals surface area contributed by atoms with Crippen LogP contribution in [0, 0.1) is 12.7 Å². The molecule has 3 rings (SSSR count). The number of hydrogen-bond donors (Lipinski definition) is 1. The summed E-state index contributed by atoms with van der Waals surface area (Å²) in [5.74, 6) is -0.0850. The van der Waals surface area contributed by atoms with E-state index in [-0.39, 0.29) is 5.56 Å². The third kappa shape index (κ3) is 2.71. The molecule has 1 aromatic carbocycles. The van der Waals surface area contributed by atoms with E-state index in [4.69, 9.17) is 17.3 Å². The van der Waals surface area contributed by atoms with Crippen LogP contribution < -0.4 is 11.3 Å². The summed E-state index contributed by atoms with van der Waals surface area (Å²) in [5, 5.41) is 0.591. The summed E-state index contributed by atoms with van der Waals surface area (Å²) in [5.41, 5.74) is 6.61. The molecule has 2 N–H and O–H groups in total. The second-order valence-corrected chi connectivity index (χ2v) is 5.51. The Bertz CT molecular complexity index is 955. The molecular formula is C16H14ClFN4O. The van der Waals surface area contributed by atoms with Crippen molar-refractivity contribution in [2.75, 3.05) is 6.54 Å². The minimum absolute atomic E-state index is 0.290. The Morgan fingerprint density at radius 3 is 2.91 bits per heavy atom. The largest absolute Gasteiger partial charge is 0.330 e. The van der Waals surface area contributed by atoms with E-state index in [1.165, 1.54) is 10.6 Å². The number of aryl methyl sites for hydroxylation is 1. The van der Waals surface area contributed by atoms with Crippen LogP contribution in [0.1, 0.15) is 11.5 Å². The summed E-state index contributed by atoms with van der Waals surface area (Å²) in [6.07, 6.45) is 1.47. The number of pyridine rings is 1. The van der Waals surface area contributed by atoms with Crippen molar-refractivity contribution in [3.8, 4) is 5.69 Å². The molecule has 2 heterocycles. The van der Waals surface area contributed by atoms with Gasteiger partial charge in [-0.3, -0.25) is 14.3 Å². The van der Waals surface area contributed by atoms with Crippen molar-refractivity contribution in [1.82, 2.24) is 14.5 Å². The molecule has 0 spiro atoms. The molecule has 23 heavy (non-hydrogen) atoms. The van der Waals surface area contributed by atoms with Crippen LogP contribution in [0.15, 0.2) is 35.3 Å². The fraction of sp³-hybridized carbons (Fsp3) is 0.188. The molecule has 0 aliphatic heterocycles. The SMILES string of the molecule is Cc1ncc(F)cc1-n1c(CCN)nc2cccc(Cl)c2c1=O. The van der Waals surface area contributed by atoms with Gasteiger partial charge in [-0.1, -0.05) is 17.7 Å². The number of hydrogen-bond acceptors (Lipinski definition) is 4. The van der Waals surface area contributed by atoms with Crippen molar-refractivity contribution < 1.29 is 4.39 Å². The number of rotatable bonds is 3. The quantitative estimate of drug-likeness (QED) is 0.799. The van der Waals surface area contributed by atoms with Crippen molar-refractivity contribution in [2.45, 2.75) is 13.3 Å². The van der Waals surface area contributed by atoms with E-state index < -0.39 is 5.82 Å². The molecule has 0 amide bonds. The smallest absolute Gasteiger partial charge is 0.267 e. The lowest BCUT2D eigenvalue weighted by atomic mass is 10.2. The zero-order valence-electron chi connectivity index (χ0n) is 12.4. The number of nitrogens with zero attached hydrogens (tertiary/aromatic N) is 3. The van der Waals surface area contributed by atoms with E-state index in [0.29, 0.717) is 46.1 Å². The van der Waals surface area contributed by atoms with Gasteiger partial charge in [0.25, 0.3) is 5.56 Å². The normalized spacial score (nSPS) is 11.1. The van der Waals surface area contributed by atoms with Gasteiger partial charge in [0, 0.05) is 12.5 Å². The average Bonchev–Trinajstić information content (AvgIpc) is 2.51. The van der Waals surface area contributed by atoms with Gasteiger partial charge in [0.05, 0.1) is 33.5 Å². The van der Waals surface area contributed by atoms with E-state index in [2.05, 4.69) is 9.97 Å². The highest BCUT2D eigenvalue weighted by molar-refractivity contribution is 6.35. The molecule has 0 saturated heterocycles. The number of fused-ring (bicyclic) bond motifs is 1. The lowest BCUT2D eigenvalue weighted by Gasteiger charge is -2.15. The summed E-state index contributed by atoms with van der Waals surface area (Å²) >= 11 is 6.15. The van der Waals surface area contributed by atoms with Gasteiger partial charge in [0.15, 0.2) is 0 Å². The molecule has 5 nitrogen and oxygen atoms in total. The minimum Gasteiger partial charge on any atom is -0.330 e. The van der Waals surface area contributed by atoms with Crippen LogP contribution in [-0.4, -0.2) is 21.1 Å². The molecule has 0 fully saturated rings. The van der Waals surface area contributed by atoms with Gasteiger partial charge in [0.1, 0.15) is 11.6 Å². The molecule has 0 unspecified atom stereocenters. The number of halogens is 2. The molecule has 7 heteroatoms. The topological polar surface area (TPSA) is 73.8 Å². The maximum absolute atomic E-state index is 13.6. The van der Waals surface area contributed by atoms with Crippen LogP contribution >= 0.6 is 11.6 Å². The Labute approximate surface area is 136 Å². The first-order chi connectivity index (χ1) is 11.0. The molecule has 0 saturated carbocycles. The van der Waals surface area contributed by atoms with Crippen LogP contribution in [0.2, 0.25) is 5.02 Å². The van der Waals surface area contributed by atoms with Crippen LogP contribution in [-0.2, 0) is 6.42 Å². The first-order valence-electron chi connectivity index (χ1n) is 7.05. The van der Waals surface area contributed by atoms with Gasteiger partial charge in [-0.25, -0.2) is 9.37 Å². The molecule has 0 aliphatic carbocycles. The van der Waals surface area contributed by atoms with Crippen LogP contribution in [0.25, 0.3) is 16.6 Å². The average molecular weight is 333 g/mol. The van der Waals surface area contributed by atoms with Crippen LogP contribution in [0.3, 0.4) is 0 Å². The zero-order chi connectivity index (χ0) is 16.6. The maximum Gasteiger partial charge on any atom is 0.267 e. The van der Waals surface area contributed by atoms with Crippen molar-refractivity contribution in [1.29, 1.82) is 0 Å². The van der Waals surface area contributed by atoms with E-state index >= 15 is 0 Å². The predicted molar refractivity (Wildman–Crippen MR) is 87.6 cm³/mol. The molecule has 3 aromatic rings. The van der Waals surface area contributed by atoms with Gasteiger partial charge in [0.2, 0.25) is 0 Å². The maximum atomic E-state index is 13.6. The fourth-order valence-electron chi connectivity index (χ4n) is 2.50. The van der Waals surface area contributed by atoms with E-state index in [1.54, 1.807) is 25.1 Å². The zero-order valence-corrected chi connectivity index (χ0v) is 13.1. The van der Waals surface area contributed by atoms with E-state index in [1.807, 2.05) is 0 Å². The van der Waals surface area contributed by atoms with Gasteiger partial charge in [-0.05, 0) is 25.6 Å². The van der Waals surface area contributed by atoms with E-state index in [9.17, 15) is 9.18 Å². The summed E-state index contributed by atoms with van der Waals surface area (Å²) in [6, 6.07) is 6.32. The second kappa shape index (κ2) is 6.06. The Balaban J connectivity index is 2.45. The van der Waals surface area contributed by atoms with Crippen LogP contribution in [0.5, 0.6) is 0 Å². The third-order valence-corrected chi connectivity index (χ3v) is 3.87. The standard InChI is InChI=1S/C16H14ClFN4O/c1-9-13(7-10(18)8-20-9)22-14(5-6-19)21-12-4-2-3-11(17)15(12)16(22)23/h2-4,7-8H,5-6,19H2,1H3. The number of aromatic nitrogens is 3. The Kier molecular flexibility index (Phi) is 4.11. The lowest BCUT2D eigenvalue weighted by Crippen LogP contribution is -2.26. The monoisotopic (exact) mass is 332 g/mol. The number of nitrogens with two attached hydrogens (primary N) is 1. The first-order valence-corrected chi connectivity index (χ1v) is 7.43. The first kappa shape index (κ1) is 15.6. The molecule has 0 radical (unpaired) electrons.